The van der Waals surface area contributed by atoms with Crippen molar-refractivity contribution in [1.82, 2.24) is 0 Å². The molecule has 0 aromatic heterocycles. The van der Waals surface area contributed by atoms with E-state index >= 15 is 0 Å². The van der Waals surface area contributed by atoms with Crippen molar-refractivity contribution in [3.8, 4) is 17.6 Å². The van der Waals surface area contributed by atoms with Crippen LogP contribution in [0.1, 0.15) is 43.2 Å². The van der Waals surface area contributed by atoms with Gasteiger partial charge in [0.25, 0.3) is 0 Å². The fourth-order valence-electron chi connectivity index (χ4n) is 2.43. The average molecular weight is 274 g/mol. The predicted molar refractivity (Wildman–Crippen MR) is 78.6 cm³/mol. The molecule has 1 saturated carbocycles. The number of rotatable bonds is 5. The maximum atomic E-state index is 8.78. The van der Waals surface area contributed by atoms with Gasteiger partial charge >= 0.3 is 0 Å². The standard InChI is InChI=1S/C17H22O3/c1-19-17-10-9-14(12-15(17)6-4-5-11-18)13-20-16-7-2-3-8-16/h9-10,12,16,18H,2-3,5,7-8,11,13H2,1H3. The largest absolute Gasteiger partial charge is 0.495 e. The second-order valence-electron chi connectivity index (χ2n) is 5.03. The van der Waals surface area contributed by atoms with Gasteiger partial charge in [0.1, 0.15) is 5.75 Å². The highest BCUT2D eigenvalue weighted by atomic mass is 16.5. The topological polar surface area (TPSA) is 38.7 Å². The number of hydrogen-bond donors (Lipinski definition) is 1. The van der Waals surface area contributed by atoms with E-state index in [1.54, 1.807) is 7.11 Å². The molecule has 0 unspecified atom stereocenters. The molecule has 0 saturated heterocycles. The van der Waals surface area contributed by atoms with Gasteiger partial charge in [-0.3, -0.25) is 0 Å². The van der Waals surface area contributed by atoms with E-state index in [1.807, 2.05) is 18.2 Å². The van der Waals surface area contributed by atoms with Gasteiger partial charge in [-0.25, -0.2) is 0 Å². The van der Waals surface area contributed by atoms with Crippen molar-refractivity contribution in [2.45, 2.75) is 44.8 Å². The van der Waals surface area contributed by atoms with Crippen molar-refractivity contribution in [2.24, 2.45) is 0 Å². The lowest BCUT2D eigenvalue weighted by atomic mass is 10.1. The van der Waals surface area contributed by atoms with Crippen LogP contribution >= 0.6 is 0 Å². The van der Waals surface area contributed by atoms with Crippen molar-refractivity contribution in [2.75, 3.05) is 13.7 Å². The molecule has 2 rings (SSSR count). The van der Waals surface area contributed by atoms with Gasteiger partial charge < -0.3 is 14.6 Å². The second-order valence-corrected chi connectivity index (χ2v) is 5.03. The zero-order valence-electron chi connectivity index (χ0n) is 12.0. The van der Waals surface area contributed by atoms with Crippen LogP contribution in [0.2, 0.25) is 0 Å². The summed E-state index contributed by atoms with van der Waals surface area (Å²) in [6.07, 6.45) is 5.82. The molecule has 1 aromatic rings. The monoisotopic (exact) mass is 274 g/mol. The Kier molecular flexibility index (Phi) is 5.91. The minimum atomic E-state index is 0.0831. The first kappa shape index (κ1) is 14.9. The molecule has 0 spiro atoms. The summed E-state index contributed by atoms with van der Waals surface area (Å²) in [4.78, 5) is 0. The summed E-state index contributed by atoms with van der Waals surface area (Å²) in [5, 5.41) is 8.78. The van der Waals surface area contributed by atoms with Gasteiger partial charge in [0.05, 0.1) is 32.0 Å². The number of methoxy groups -OCH3 is 1. The number of hydrogen-bond acceptors (Lipinski definition) is 3. The highest BCUT2D eigenvalue weighted by Gasteiger charge is 2.15. The van der Waals surface area contributed by atoms with Gasteiger partial charge in [-0.05, 0) is 30.5 Å². The van der Waals surface area contributed by atoms with E-state index in [2.05, 4.69) is 11.8 Å². The quantitative estimate of drug-likeness (QED) is 0.839. The first-order valence-corrected chi connectivity index (χ1v) is 7.21. The third-order valence-electron chi connectivity index (χ3n) is 3.51. The van der Waals surface area contributed by atoms with Crippen LogP contribution < -0.4 is 4.74 Å². The highest BCUT2D eigenvalue weighted by molar-refractivity contribution is 5.48. The molecule has 0 amide bonds. The summed E-state index contributed by atoms with van der Waals surface area (Å²) in [5.41, 5.74) is 1.97. The molecule has 0 heterocycles. The first-order chi connectivity index (χ1) is 9.83. The van der Waals surface area contributed by atoms with Crippen LogP contribution in [-0.4, -0.2) is 24.9 Å². The lowest BCUT2D eigenvalue weighted by Crippen LogP contribution is -2.07. The summed E-state index contributed by atoms with van der Waals surface area (Å²) in [5.74, 6) is 6.74. The number of aliphatic hydroxyl groups excluding tert-OH is 1. The van der Waals surface area contributed by atoms with E-state index in [0.717, 1.165) is 16.9 Å². The van der Waals surface area contributed by atoms with Crippen LogP contribution in [0, 0.1) is 11.8 Å². The van der Waals surface area contributed by atoms with Crippen molar-refractivity contribution >= 4 is 0 Å². The third-order valence-corrected chi connectivity index (χ3v) is 3.51. The summed E-state index contributed by atoms with van der Waals surface area (Å²) < 4.78 is 11.2. The molecule has 1 aliphatic rings. The first-order valence-electron chi connectivity index (χ1n) is 7.21. The van der Waals surface area contributed by atoms with E-state index in [9.17, 15) is 0 Å². The van der Waals surface area contributed by atoms with E-state index < -0.39 is 0 Å². The second kappa shape index (κ2) is 7.94. The normalized spacial score (nSPS) is 14.9. The van der Waals surface area contributed by atoms with Crippen molar-refractivity contribution in [1.29, 1.82) is 0 Å². The lowest BCUT2D eigenvalue weighted by Gasteiger charge is -2.12. The highest BCUT2D eigenvalue weighted by Crippen LogP contribution is 2.24. The molecular weight excluding hydrogens is 252 g/mol. The summed E-state index contributed by atoms with van der Waals surface area (Å²) in [6, 6.07) is 5.96. The predicted octanol–water partition coefficient (Wildman–Crippen LogP) is 2.89. The summed E-state index contributed by atoms with van der Waals surface area (Å²) in [7, 11) is 1.64. The smallest absolute Gasteiger partial charge is 0.134 e. The minimum absolute atomic E-state index is 0.0831. The fourth-order valence-corrected chi connectivity index (χ4v) is 2.43. The Morgan fingerprint density at radius 3 is 2.80 bits per heavy atom. The molecule has 0 bridgehead atoms. The van der Waals surface area contributed by atoms with Crippen LogP contribution in [0.4, 0.5) is 0 Å². The van der Waals surface area contributed by atoms with Crippen LogP contribution in [0.25, 0.3) is 0 Å². The van der Waals surface area contributed by atoms with Crippen LogP contribution in [0.15, 0.2) is 18.2 Å². The maximum Gasteiger partial charge on any atom is 0.134 e. The van der Waals surface area contributed by atoms with E-state index in [1.165, 1.54) is 25.7 Å². The third kappa shape index (κ3) is 4.26. The summed E-state index contributed by atoms with van der Waals surface area (Å²) >= 11 is 0. The molecule has 1 aliphatic carbocycles. The SMILES string of the molecule is COc1ccc(COC2CCCC2)cc1C#CCCO. The van der Waals surface area contributed by atoms with E-state index in [-0.39, 0.29) is 6.61 Å². The van der Waals surface area contributed by atoms with Crippen LogP contribution in [0.3, 0.4) is 0 Å². The molecule has 20 heavy (non-hydrogen) atoms. The molecule has 0 radical (unpaired) electrons. The molecule has 108 valence electrons. The molecular formula is C17H22O3. The number of ether oxygens (including phenoxy) is 2. The molecule has 1 fully saturated rings. The molecule has 0 aliphatic heterocycles. The fraction of sp³-hybridized carbons (Fsp3) is 0.529. The van der Waals surface area contributed by atoms with Crippen molar-refractivity contribution in [3.05, 3.63) is 29.3 Å². The Labute approximate surface area is 120 Å². The van der Waals surface area contributed by atoms with Gasteiger partial charge in [-0.1, -0.05) is 30.7 Å². The Bertz CT molecular complexity index is 479. The zero-order valence-corrected chi connectivity index (χ0v) is 12.0. The van der Waals surface area contributed by atoms with Crippen molar-refractivity contribution < 1.29 is 14.6 Å². The molecule has 1 N–H and O–H groups in total. The Balaban J connectivity index is 2.02. The Morgan fingerprint density at radius 1 is 1.30 bits per heavy atom. The number of aliphatic hydroxyl groups is 1. The van der Waals surface area contributed by atoms with Gasteiger partial charge in [0.15, 0.2) is 0 Å². The van der Waals surface area contributed by atoms with Crippen LogP contribution in [0.5, 0.6) is 5.75 Å². The minimum Gasteiger partial charge on any atom is -0.495 e. The molecule has 1 aromatic carbocycles. The van der Waals surface area contributed by atoms with Gasteiger partial charge in [0, 0.05) is 6.42 Å². The van der Waals surface area contributed by atoms with Crippen molar-refractivity contribution in [3.63, 3.8) is 0 Å². The Hall–Kier alpha value is -1.50. The number of benzene rings is 1. The molecule has 0 atom stereocenters. The Morgan fingerprint density at radius 2 is 2.10 bits per heavy atom. The average Bonchev–Trinajstić information content (AvgIpc) is 2.99. The van der Waals surface area contributed by atoms with Crippen LogP contribution in [-0.2, 0) is 11.3 Å². The lowest BCUT2D eigenvalue weighted by molar-refractivity contribution is 0.0456. The molecule has 3 heteroatoms. The van der Waals surface area contributed by atoms with Gasteiger partial charge in [0.2, 0.25) is 0 Å². The molecule has 3 nitrogen and oxygen atoms in total. The van der Waals surface area contributed by atoms with E-state index in [0.29, 0.717) is 19.1 Å². The van der Waals surface area contributed by atoms with Gasteiger partial charge in [-0.2, -0.15) is 0 Å². The summed E-state index contributed by atoms with van der Waals surface area (Å²) in [6.45, 7) is 0.711. The zero-order chi connectivity index (χ0) is 14.2. The maximum absolute atomic E-state index is 8.78. The van der Waals surface area contributed by atoms with E-state index in [4.69, 9.17) is 14.6 Å². The van der Waals surface area contributed by atoms with Gasteiger partial charge in [-0.15, -0.1) is 0 Å².